The Labute approximate surface area is 179 Å². The summed E-state index contributed by atoms with van der Waals surface area (Å²) in [4.78, 5) is 15.9. The second kappa shape index (κ2) is 7.85. The quantitative estimate of drug-likeness (QED) is 0.627. The summed E-state index contributed by atoms with van der Waals surface area (Å²) in [6, 6.07) is 7.99. The zero-order chi connectivity index (χ0) is 22.2. The van der Waals surface area contributed by atoms with Gasteiger partial charge in [-0.3, -0.25) is 9.10 Å². The SMILES string of the molecule is O=C(Nc1ccc2c(c1)S(=O)(=O)N(c1ccc(C(F)(F)F)cc1)CCO2)c1cscn1. The van der Waals surface area contributed by atoms with E-state index in [9.17, 15) is 26.4 Å². The average molecular weight is 469 g/mol. The van der Waals surface area contributed by atoms with Crippen molar-refractivity contribution in [3.8, 4) is 5.75 Å². The summed E-state index contributed by atoms with van der Waals surface area (Å²) in [6.45, 7) is -0.0966. The van der Waals surface area contributed by atoms with E-state index in [0.717, 1.165) is 28.6 Å². The molecule has 0 spiro atoms. The Bertz CT molecular complexity index is 1210. The van der Waals surface area contributed by atoms with E-state index >= 15 is 0 Å². The fourth-order valence-electron chi connectivity index (χ4n) is 2.99. The molecule has 12 heteroatoms. The van der Waals surface area contributed by atoms with E-state index in [4.69, 9.17) is 4.74 Å². The lowest BCUT2D eigenvalue weighted by Crippen LogP contribution is -2.32. The van der Waals surface area contributed by atoms with Crippen LogP contribution < -0.4 is 14.4 Å². The van der Waals surface area contributed by atoms with Crippen molar-refractivity contribution in [3.05, 3.63) is 64.6 Å². The summed E-state index contributed by atoms with van der Waals surface area (Å²) in [6.07, 6.45) is -4.53. The normalized spacial score (nSPS) is 15.5. The zero-order valence-corrected chi connectivity index (χ0v) is 17.2. The number of ether oxygens (including phenoxy) is 1. The van der Waals surface area contributed by atoms with Crippen LogP contribution in [0, 0.1) is 0 Å². The number of nitrogens with zero attached hydrogens (tertiary/aromatic N) is 2. The third kappa shape index (κ3) is 4.21. The summed E-state index contributed by atoms with van der Waals surface area (Å²) < 4.78 is 71.6. The largest absolute Gasteiger partial charge is 0.490 e. The Balaban J connectivity index is 1.67. The molecule has 0 saturated heterocycles. The van der Waals surface area contributed by atoms with E-state index < -0.39 is 27.7 Å². The van der Waals surface area contributed by atoms with Crippen LogP contribution in [-0.2, 0) is 16.2 Å². The summed E-state index contributed by atoms with van der Waals surface area (Å²) in [5.74, 6) is -0.422. The monoisotopic (exact) mass is 469 g/mol. The van der Waals surface area contributed by atoms with E-state index in [1.807, 2.05) is 0 Å². The number of benzene rings is 2. The third-order valence-corrected chi connectivity index (χ3v) is 6.90. The van der Waals surface area contributed by atoms with Crippen LogP contribution in [0.1, 0.15) is 16.1 Å². The number of alkyl halides is 3. The fourth-order valence-corrected chi connectivity index (χ4v) is 5.13. The molecule has 162 valence electrons. The predicted molar refractivity (Wildman–Crippen MR) is 108 cm³/mol. The number of hydrogen-bond acceptors (Lipinski definition) is 6. The van der Waals surface area contributed by atoms with Gasteiger partial charge in [0.05, 0.1) is 23.3 Å². The summed E-state index contributed by atoms with van der Waals surface area (Å²) in [7, 11) is -4.17. The smallest absolute Gasteiger partial charge is 0.416 e. The number of carbonyl (C=O) groups excluding carboxylic acids is 1. The van der Waals surface area contributed by atoms with Crippen molar-refractivity contribution in [1.82, 2.24) is 4.98 Å². The van der Waals surface area contributed by atoms with Crippen molar-refractivity contribution in [1.29, 1.82) is 0 Å². The van der Waals surface area contributed by atoms with Gasteiger partial charge in [-0.1, -0.05) is 0 Å². The molecule has 0 saturated carbocycles. The number of fused-ring (bicyclic) bond motifs is 1. The molecule has 0 atom stereocenters. The lowest BCUT2D eigenvalue weighted by molar-refractivity contribution is -0.137. The summed E-state index contributed by atoms with van der Waals surface area (Å²) >= 11 is 1.24. The molecule has 1 aliphatic rings. The Hall–Kier alpha value is -3.12. The van der Waals surface area contributed by atoms with Crippen LogP contribution in [0.4, 0.5) is 24.5 Å². The van der Waals surface area contributed by atoms with Gasteiger partial charge in [-0.25, -0.2) is 13.4 Å². The number of anilines is 2. The number of carbonyl (C=O) groups is 1. The van der Waals surface area contributed by atoms with Gasteiger partial charge >= 0.3 is 6.18 Å². The molecule has 1 aromatic heterocycles. The maximum Gasteiger partial charge on any atom is 0.416 e. The van der Waals surface area contributed by atoms with Gasteiger partial charge < -0.3 is 10.1 Å². The first-order chi connectivity index (χ1) is 14.7. The molecular formula is C19H14F3N3O4S2. The summed E-state index contributed by atoms with van der Waals surface area (Å²) in [5, 5.41) is 4.12. The molecule has 0 unspecified atom stereocenters. The molecule has 1 aliphatic heterocycles. The molecule has 31 heavy (non-hydrogen) atoms. The van der Waals surface area contributed by atoms with Gasteiger partial charge in [0.15, 0.2) is 0 Å². The highest BCUT2D eigenvalue weighted by Gasteiger charge is 2.33. The second-order valence-electron chi connectivity index (χ2n) is 6.46. The number of rotatable bonds is 3. The van der Waals surface area contributed by atoms with Gasteiger partial charge in [-0.05, 0) is 42.5 Å². The number of amides is 1. The molecule has 4 rings (SSSR count). The third-order valence-electron chi connectivity index (χ3n) is 4.47. The van der Waals surface area contributed by atoms with Gasteiger partial charge in [0, 0.05) is 11.1 Å². The highest BCUT2D eigenvalue weighted by atomic mass is 32.2. The minimum absolute atomic E-state index is 0.00220. The number of thiazole rings is 1. The number of nitrogens with one attached hydrogen (secondary N) is 1. The van der Waals surface area contributed by atoms with Gasteiger partial charge in [0.2, 0.25) is 0 Å². The Morgan fingerprint density at radius 2 is 1.90 bits per heavy atom. The van der Waals surface area contributed by atoms with Gasteiger partial charge in [-0.2, -0.15) is 13.2 Å². The van der Waals surface area contributed by atoms with Crippen LogP contribution in [0.5, 0.6) is 5.75 Å². The molecule has 2 aromatic carbocycles. The predicted octanol–water partition coefficient (Wildman–Crippen LogP) is 4.00. The van der Waals surface area contributed by atoms with Crippen molar-refractivity contribution in [2.24, 2.45) is 0 Å². The van der Waals surface area contributed by atoms with Crippen LogP contribution >= 0.6 is 11.3 Å². The number of halogens is 3. The number of hydrogen-bond donors (Lipinski definition) is 1. The molecule has 1 amide bonds. The van der Waals surface area contributed by atoms with Crippen molar-refractivity contribution < 1.29 is 31.1 Å². The van der Waals surface area contributed by atoms with E-state index in [0.29, 0.717) is 0 Å². The van der Waals surface area contributed by atoms with Gasteiger partial charge in [-0.15, -0.1) is 11.3 Å². The Morgan fingerprint density at radius 3 is 2.55 bits per heavy atom. The average Bonchev–Trinajstić information content (AvgIpc) is 3.22. The lowest BCUT2D eigenvalue weighted by Gasteiger charge is -2.22. The molecule has 7 nitrogen and oxygen atoms in total. The van der Waals surface area contributed by atoms with Crippen LogP contribution in [0.2, 0.25) is 0 Å². The van der Waals surface area contributed by atoms with Gasteiger partial charge in [0.25, 0.3) is 15.9 Å². The highest BCUT2D eigenvalue weighted by molar-refractivity contribution is 7.93. The van der Waals surface area contributed by atoms with Crippen LogP contribution in [0.25, 0.3) is 0 Å². The maximum atomic E-state index is 13.3. The van der Waals surface area contributed by atoms with Crippen LogP contribution in [-0.4, -0.2) is 32.5 Å². The topological polar surface area (TPSA) is 88.6 Å². The second-order valence-corrected chi connectivity index (χ2v) is 9.01. The van der Waals surface area contributed by atoms with Crippen molar-refractivity contribution in [3.63, 3.8) is 0 Å². The number of aromatic nitrogens is 1. The van der Waals surface area contributed by atoms with E-state index in [-0.39, 0.29) is 40.9 Å². The molecule has 1 N–H and O–H groups in total. The van der Waals surface area contributed by atoms with E-state index in [1.54, 1.807) is 5.38 Å². The first kappa shape index (κ1) is 21.1. The molecule has 0 radical (unpaired) electrons. The minimum Gasteiger partial charge on any atom is -0.490 e. The van der Waals surface area contributed by atoms with Crippen molar-refractivity contribution in [2.75, 3.05) is 22.8 Å². The highest BCUT2D eigenvalue weighted by Crippen LogP contribution is 2.36. The molecule has 2 heterocycles. The molecule has 0 fully saturated rings. The minimum atomic E-state index is -4.53. The fraction of sp³-hybridized carbons (Fsp3) is 0.158. The lowest BCUT2D eigenvalue weighted by atomic mass is 10.2. The molecule has 3 aromatic rings. The maximum absolute atomic E-state index is 13.3. The Kier molecular flexibility index (Phi) is 5.35. The van der Waals surface area contributed by atoms with Crippen LogP contribution in [0.15, 0.2) is 58.3 Å². The first-order valence-corrected chi connectivity index (χ1v) is 11.2. The van der Waals surface area contributed by atoms with E-state index in [1.165, 1.54) is 35.0 Å². The molecule has 0 aliphatic carbocycles. The standard InChI is InChI=1S/C19H14F3N3O4S2/c20-19(21,22)12-1-4-14(5-2-12)25-7-8-29-16-6-3-13(9-17(16)31(25,27)28)24-18(26)15-10-30-11-23-15/h1-6,9-11H,7-8H2,(H,24,26). The van der Waals surface area contributed by atoms with Crippen molar-refractivity contribution >= 4 is 38.6 Å². The molecule has 0 bridgehead atoms. The van der Waals surface area contributed by atoms with Gasteiger partial charge in [0.1, 0.15) is 22.9 Å². The van der Waals surface area contributed by atoms with Crippen molar-refractivity contribution in [2.45, 2.75) is 11.1 Å². The first-order valence-electron chi connectivity index (χ1n) is 8.83. The molecular weight excluding hydrogens is 455 g/mol. The zero-order valence-electron chi connectivity index (χ0n) is 15.6. The van der Waals surface area contributed by atoms with Crippen LogP contribution in [0.3, 0.4) is 0 Å². The van der Waals surface area contributed by atoms with E-state index in [2.05, 4.69) is 10.3 Å². The number of sulfonamides is 1. The Morgan fingerprint density at radius 1 is 1.16 bits per heavy atom. The summed E-state index contributed by atoms with van der Waals surface area (Å²) in [5.41, 5.74) is 1.07.